The van der Waals surface area contributed by atoms with Gasteiger partial charge in [-0.05, 0) is 35.4 Å². The van der Waals surface area contributed by atoms with Crippen molar-refractivity contribution in [2.75, 3.05) is 6.61 Å². The van der Waals surface area contributed by atoms with Gasteiger partial charge in [0.2, 0.25) is 0 Å². The molecule has 0 heterocycles. The van der Waals surface area contributed by atoms with Crippen molar-refractivity contribution in [1.29, 1.82) is 0 Å². The summed E-state index contributed by atoms with van der Waals surface area (Å²) in [5.41, 5.74) is 1.58. The van der Waals surface area contributed by atoms with E-state index in [1.54, 1.807) is 6.07 Å². The van der Waals surface area contributed by atoms with Crippen LogP contribution in [0.15, 0.2) is 24.3 Å². The first kappa shape index (κ1) is 23.6. The summed E-state index contributed by atoms with van der Waals surface area (Å²) in [6.07, 6.45) is 12.6. The molecule has 0 aliphatic heterocycles. The maximum Gasteiger partial charge on any atom is 0.376 e. The second-order valence-corrected chi connectivity index (χ2v) is 7.31. The lowest BCUT2D eigenvalue weighted by Crippen LogP contribution is -2.12. The number of benzene rings is 1. The first-order chi connectivity index (χ1) is 13.2. The normalized spacial score (nSPS) is 12.1. The van der Waals surface area contributed by atoms with Crippen LogP contribution in [-0.2, 0) is 21.2 Å². The molecule has 0 saturated heterocycles. The Bertz CT molecular complexity index is 501. The molecule has 0 fully saturated rings. The van der Waals surface area contributed by atoms with Crippen LogP contribution in [0.5, 0.6) is 0 Å². The van der Waals surface area contributed by atoms with Gasteiger partial charge in [-0.15, -0.1) is 0 Å². The van der Waals surface area contributed by atoms with Crippen molar-refractivity contribution in [2.45, 2.75) is 91.4 Å². The minimum absolute atomic E-state index is 0.440. The van der Waals surface area contributed by atoms with Crippen LogP contribution in [0, 0.1) is 5.92 Å². The highest BCUT2D eigenvalue weighted by Crippen LogP contribution is 2.21. The van der Waals surface area contributed by atoms with E-state index in [0.29, 0.717) is 18.1 Å². The fourth-order valence-electron chi connectivity index (χ4n) is 3.23. The highest BCUT2D eigenvalue weighted by atomic mass is 17.5. The molecule has 0 bridgehead atoms. The van der Waals surface area contributed by atoms with Gasteiger partial charge in [-0.2, -0.15) is 4.89 Å². The van der Waals surface area contributed by atoms with Crippen molar-refractivity contribution < 1.29 is 19.6 Å². The molecule has 1 aromatic rings. The van der Waals surface area contributed by atoms with Crippen LogP contribution in [0.25, 0.3) is 0 Å². The van der Waals surface area contributed by atoms with Crippen LogP contribution in [0.4, 0.5) is 0 Å². The minimum Gasteiger partial charge on any atom is -0.263 e. The average Bonchev–Trinajstić information content (AvgIpc) is 2.70. The van der Waals surface area contributed by atoms with E-state index < -0.39 is 5.97 Å². The van der Waals surface area contributed by atoms with E-state index in [2.05, 4.69) is 25.8 Å². The minimum atomic E-state index is -0.487. The van der Waals surface area contributed by atoms with E-state index in [0.717, 1.165) is 31.2 Å². The molecular formula is C23H38O4. The van der Waals surface area contributed by atoms with Gasteiger partial charge in [-0.25, -0.2) is 4.79 Å². The first-order valence-electron chi connectivity index (χ1n) is 10.8. The third-order valence-electron chi connectivity index (χ3n) is 5.03. The summed E-state index contributed by atoms with van der Waals surface area (Å²) in [6, 6.07) is 7.61. The molecule has 1 rings (SSSR count). The summed E-state index contributed by atoms with van der Waals surface area (Å²) >= 11 is 0. The van der Waals surface area contributed by atoms with Gasteiger partial charge in [0.15, 0.2) is 0 Å². The average molecular weight is 379 g/mol. The molecule has 0 N–H and O–H groups in total. The van der Waals surface area contributed by atoms with Crippen LogP contribution in [0.2, 0.25) is 0 Å². The topological polar surface area (TPSA) is 44.8 Å². The largest absolute Gasteiger partial charge is 0.376 e. The van der Waals surface area contributed by atoms with Gasteiger partial charge in [-0.3, -0.25) is 4.89 Å². The van der Waals surface area contributed by atoms with Gasteiger partial charge >= 0.3 is 5.97 Å². The van der Waals surface area contributed by atoms with Gasteiger partial charge < -0.3 is 0 Å². The molecule has 0 aliphatic carbocycles. The molecule has 0 saturated carbocycles. The molecule has 0 aliphatic rings. The maximum absolute atomic E-state index is 12.3. The van der Waals surface area contributed by atoms with Crippen LogP contribution in [-0.4, -0.2) is 12.6 Å². The maximum atomic E-state index is 12.3. The van der Waals surface area contributed by atoms with Crippen molar-refractivity contribution in [3.63, 3.8) is 0 Å². The molecule has 4 heteroatoms. The van der Waals surface area contributed by atoms with E-state index >= 15 is 0 Å². The molecule has 1 atom stereocenters. The summed E-state index contributed by atoms with van der Waals surface area (Å²) in [5.74, 6) is 0.0997. The highest BCUT2D eigenvalue weighted by Gasteiger charge is 2.17. The van der Waals surface area contributed by atoms with Gasteiger partial charge in [0.25, 0.3) is 0 Å². The van der Waals surface area contributed by atoms with Gasteiger partial charge in [0, 0.05) is 0 Å². The quantitative estimate of drug-likeness (QED) is 0.180. The molecule has 0 amide bonds. The van der Waals surface area contributed by atoms with Crippen LogP contribution >= 0.6 is 0 Å². The number of unbranched alkanes of at least 4 members (excludes halogenated alkanes) is 6. The van der Waals surface area contributed by atoms with E-state index in [9.17, 15) is 4.79 Å². The Labute approximate surface area is 165 Å². The Morgan fingerprint density at radius 3 is 2.37 bits per heavy atom. The fourth-order valence-corrected chi connectivity index (χ4v) is 3.23. The third kappa shape index (κ3) is 10.5. The zero-order valence-electron chi connectivity index (χ0n) is 17.5. The van der Waals surface area contributed by atoms with Gasteiger partial charge in [-0.1, -0.05) is 96.8 Å². The first-order valence-corrected chi connectivity index (χ1v) is 10.8. The smallest absolute Gasteiger partial charge is 0.263 e. The van der Waals surface area contributed by atoms with E-state index in [4.69, 9.17) is 9.78 Å². The molecule has 1 aromatic carbocycles. The van der Waals surface area contributed by atoms with Gasteiger partial charge in [0.1, 0.15) is 0 Å². The Morgan fingerprint density at radius 1 is 0.926 bits per heavy atom. The molecule has 154 valence electrons. The van der Waals surface area contributed by atoms with E-state index in [-0.39, 0.29) is 0 Å². The Morgan fingerprint density at radius 2 is 1.63 bits per heavy atom. The molecule has 1 unspecified atom stereocenters. The van der Waals surface area contributed by atoms with Gasteiger partial charge in [0.05, 0.1) is 12.2 Å². The number of carbonyl (C=O) groups is 1. The summed E-state index contributed by atoms with van der Waals surface area (Å²) in [5, 5.41) is 4.68. The summed E-state index contributed by atoms with van der Waals surface area (Å²) in [4.78, 5) is 22.2. The molecule has 0 spiro atoms. The molecule has 0 aromatic heterocycles. The lowest BCUT2D eigenvalue weighted by molar-refractivity contribution is -0.481. The summed E-state index contributed by atoms with van der Waals surface area (Å²) in [7, 11) is 0. The van der Waals surface area contributed by atoms with E-state index in [1.165, 1.54) is 44.9 Å². The van der Waals surface area contributed by atoms with Crippen molar-refractivity contribution in [1.82, 2.24) is 0 Å². The Kier molecular flexibility index (Phi) is 13.7. The lowest BCUT2D eigenvalue weighted by atomic mass is 9.90. The van der Waals surface area contributed by atoms with Crippen molar-refractivity contribution in [3.05, 3.63) is 35.4 Å². The number of hydrogen-bond donors (Lipinski definition) is 0. The third-order valence-corrected chi connectivity index (χ3v) is 5.03. The van der Waals surface area contributed by atoms with E-state index in [1.807, 2.05) is 18.2 Å². The molecule has 27 heavy (non-hydrogen) atoms. The second-order valence-electron chi connectivity index (χ2n) is 7.31. The van der Waals surface area contributed by atoms with Crippen LogP contribution in [0.3, 0.4) is 0 Å². The fraction of sp³-hybridized carbons (Fsp3) is 0.696. The Hall–Kier alpha value is -1.39. The van der Waals surface area contributed by atoms with Crippen molar-refractivity contribution in [3.8, 4) is 0 Å². The predicted octanol–water partition coefficient (Wildman–Crippen LogP) is 6.83. The standard InChI is InChI=1S/C23H38O4/c1-4-7-9-10-11-14-18-25-27-26-23(24)22-17-13-12-16-21(22)19-20(6-3)15-8-5-2/h12-13,16-17,20H,4-11,14-15,18-19H2,1-3H3. The zero-order chi connectivity index (χ0) is 19.7. The molecular weight excluding hydrogens is 340 g/mol. The monoisotopic (exact) mass is 378 g/mol. The highest BCUT2D eigenvalue weighted by molar-refractivity contribution is 5.90. The molecule has 4 nitrogen and oxygen atoms in total. The summed E-state index contributed by atoms with van der Waals surface area (Å²) < 4.78 is 0. The number of hydrogen-bond acceptors (Lipinski definition) is 4. The zero-order valence-corrected chi connectivity index (χ0v) is 17.5. The predicted molar refractivity (Wildman–Crippen MR) is 109 cm³/mol. The number of rotatable bonds is 16. The lowest BCUT2D eigenvalue weighted by Gasteiger charge is -2.16. The van der Waals surface area contributed by atoms with Crippen LogP contribution in [0.1, 0.15) is 101 Å². The Balaban J connectivity index is 2.35. The SMILES string of the molecule is CCCCCCCCOOOC(=O)c1ccccc1CC(CC)CCCC. The second kappa shape index (κ2) is 15.6. The van der Waals surface area contributed by atoms with Crippen molar-refractivity contribution in [2.24, 2.45) is 5.92 Å². The number of carbonyl (C=O) groups excluding carboxylic acids is 1. The van der Waals surface area contributed by atoms with Crippen LogP contribution < -0.4 is 0 Å². The summed E-state index contributed by atoms with van der Waals surface area (Å²) in [6.45, 7) is 7.06. The van der Waals surface area contributed by atoms with Crippen molar-refractivity contribution >= 4 is 5.97 Å². The molecule has 0 radical (unpaired) electrons.